The zero-order valence-electron chi connectivity index (χ0n) is 30.4. The minimum atomic E-state index is -0.756. The molecule has 3 aromatic carbocycles. The number of ether oxygens (including phenoxy) is 5. The van der Waals surface area contributed by atoms with E-state index in [1.54, 1.807) is 32.4 Å². The lowest BCUT2D eigenvalue weighted by atomic mass is 9.86. The smallest absolute Gasteiger partial charge is 0.408 e. The number of hydrogen-bond acceptors (Lipinski definition) is 10. The molecule has 0 unspecified atom stereocenters. The number of hydrogen-bond donors (Lipinski definition) is 1. The average molecular weight is 803 g/mol. The number of thiophene rings is 1. The number of rotatable bonds is 14. The Hall–Kier alpha value is -4.81. The molecule has 3 aliphatic rings. The van der Waals surface area contributed by atoms with Crippen molar-refractivity contribution < 1.29 is 33.3 Å². The van der Waals surface area contributed by atoms with Gasteiger partial charge in [0, 0.05) is 30.2 Å². The van der Waals surface area contributed by atoms with Gasteiger partial charge in [-0.05, 0) is 90.5 Å². The third-order valence-corrected chi connectivity index (χ3v) is 11.7. The second kappa shape index (κ2) is 17.8. The van der Waals surface area contributed by atoms with E-state index < -0.39 is 24.2 Å². The molecule has 3 atom stereocenters. The zero-order chi connectivity index (χ0) is 38.3. The van der Waals surface area contributed by atoms with Gasteiger partial charge in [0.1, 0.15) is 29.4 Å². The Bertz CT molecular complexity index is 2090. The number of alkyl carbamates (subject to hydrolysis) is 1. The number of pyridine rings is 1. The molecule has 3 fully saturated rings. The Morgan fingerprint density at radius 2 is 1.62 bits per heavy atom. The maximum atomic E-state index is 13.6. The van der Waals surface area contributed by atoms with Gasteiger partial charge in [-0.3, -0.25) is 9.88 Å². The summed E-state index contributed by atoms with van der Waals surface area (Å²) in [6, 6.07) is 25.9. The highest BCUT2D eigenvalue weighted by Crippen LogP contribution is 2.36. The van der Waals surface area contributed by atoms with Crippen LogP contribution in [0.15, 0.2) is 97.3 Å². The van der Waals surface area contributed by atoms with Crippen molar-refractivity contribution in [1.29, 1.82) is 0 Å². The monoisotopic (exact) mass is 801 g/mol. The van der Waals surface area contributed by atoms with Crippen LogP contribution in [0.3, 0.4) is 0 Å². The van der Waals surface area contributed by atoms with E-state index in [1.807, 2.05) is 66.7 Å². The first-order chi connectivity index (χ1) is 26.8. The Labute approximate surface area is 334 Å². The third kappa shape index (κ3) is 9.36. The van der Waals surface area contributed by atoms with Gasteiger partial charge in [0.2, 0.25) is 0 Å². The molecule has 1 N–H and O–H groups in total. The molecule has 5 aromatic rings. The van der Waals surface area contributed by atoms with E-state index in [1.165, 1.54) is 23.7 Å². The van der Waals surface area contributed by atoms with E-state index in [0.29, 0.717) is 49.2 Å². The first-order valence-electron chi connectivity index (χ1n) is 18.0. The molecule has 3 saturated heterocycles. The Morgan fingerprint density at radius 1 is 0.873 bits per heavy atom. The van der Waals surface area contributed by atoms with Gasteiger partial charge in [-0.2, -0.15) is 0 Å². The molecule has 0 radical (unpaired) electrons. The summed E-state index contributed by atoms with van der Waals surface area (Å²) < 4.78 is 29.2. The normalized spacial score (nSPS) is 18.5. The second-order valence-electron chi connectivity index (χ2n) is 13.5. The highest BCUT2D eigenvalue weighted by Gasteiger charge is 2.37. The lowest BCUT2D eigenvalue weighted by molar-refractivity contribution is -0.0336. The first-order valence-corrected chi connectivity index (χ1v) is 19.6. The van der Waals surface area contributed by atoms with E-state index in [4.69, 9.17) is 46.9 Å². The predicted molar refractivity (Wildman–Crippen MR) is 212 cm³/mol. The fourth-order valence-electron chi connectivity index (χ4n) is 7.13. The lowest BCUT2D eigenvalue weighted by Gasteiger charge is -2.43. The van der Waals surface area contributed by atoms with Crippen LogP contribution in [0.2, 0.25) is 10.0 Å². The number of aromatic nitrogens is 1. The molecule has 10 nitrogen and oxygen atoms in total. The number of halogens is 2. The molecule has 1 amide bonds. The molecule has 8 rings (SSSR count). The number of methoxy groups -OCH3 is 2. The largest absolute Gasteiger partial charge is 0.493 e. The summed E-state index contributed by atoms with van der Waals surface area (Å²) in [7, 11) is 3.09. The van der Waals surface area contributed by atoms with Crippen LogP contribution < -0.4 is 19.5 Å². The van der Waals surface area contributed by atoms with Gasteiger partial charge in [0.15, 0.2) is 11.5 Å². The molecule has 5 heterocycles. The number of carbonyl (C=O) groups excluding carboxylic acids is 2. The Kier molecular flexibility index (Phi) is 12.4. The fourth-order valence-corrected chi connectivity index (χ4v) is 8.45. The van der Waals surface area contributed by atoms with Crippen LogP contribution in [0.4, 0.5) is 4.79 Å². The molecule has 2 bridgehead atoms. The molecule has 2 aromatic heterocycles. The molecule has 0 aliphatic carbocycles. The number of fused-ring (bicyclic) bond motifs is 3. The van der Waals surface area contributed by atoms with Crippen molar-refractivity contribution in [3.05, 3.63) is 139 Å². The van der Waals surface area contributed by atoms with Gasteiger partial charge < -0.3 is 29.0 Å². The van der Waals surface area contributed by atoms with Crippen LogP contribution in [-0.4, -0.2) is 61.9 Å². The summed E-state index contributed by atoms with van der Waals surface area (Å²) >= 11 is 14.2. The predicted octanol–water partition coefficient (Wildman–Crippen LogP) is 9.10. The van der Waals surface area contributed by atoms with Crippen LogP contribution in [0.5, 0.6) is 17.2 Å². The zero-order valence-corrected chi connectivity index (χ0v) is 32.7. The minimum absolute atomic E-state index is 0.100. The van der Waals surface area contributed by atoms with Crippen LogP contribution in [0.1, 0.15) is 61.8 Å². The van der Waals surface area contributed by atoms with Gasteiger partial charge in [-0.1, -0.05) is 71.7 Å². The van der Waals surface area contributed by atoms with Crippen LogP contribution >= 0.6 is 34.5 Å². The van der Waals surface area contributed by atoms with Crippen LogP contribution in [-0.2, 0) is 22.5 Å². The van der Waals surface area contributed by atoms with Gasteiger partial charge >= 0.3 is 12.1 Å². The number of nitrogens with one attached hydrogen (secondary N) is 1. The maximum absolute atomic E-state index is 13.6. The summed E-state index contributed by atoms with van der Waals surface area (Å²) in [4.78, 5) is 34.5. The lowest BCUT2D eigenvalue weighted by Crippen LogP contribution is -2.52. The minimum Gasteiger partial charge on any atom is -0.493 e. The molecular formula is C42H41Cl2N3O7S. The van der Waals surface area contributed by atoms with E-state index in [2.05, 4.69) is 15.2 Å². The van der Waals surface area contributed by atoms with Gasteiger partial charge in [0.25, 0.3) is 0 Å². The molecule has 3 aliphatic heterocycles. The SMILES string of the molecule is COc1ccc([C@H](Cc2c(Cl)cncc2Cl)OC(=O)c2ccc(COc3cccc([C@@H](NC(=O)O[C@H]4CN5CCC4CC5)c4ccccc4)c3)s2)cc1OC. The van der Waals surface area contributed by atoms with Crippen molar-refractivity contribution in [3.8, 4) is 17.2 Å². The van der Waals surface area contributed by atoms with Crippen molar-refractivity contribution in [2.75, 3.05) is 33.9 Å². The second-order valence-corrected chi connectivity index (χ2v) is 15.5. The molecule has 0 spiro atoms. The number of benzene rings is 3. The topological polar surface area (TPSA) is 108 Å². The average Bonchev–Trinajstić information content (AvgIpc) is 3.70. The van der Waals surface area contributed by atoms with Crippen molar-refractivity contribution in [2.45, 2.75) is 44.1 Å². The van der Waals surface area contributed by atoms with E-state index >= 15 is 0 Å². The van der Waals surface area contributed by atoms with Crippen molar-refractivity contribution in [3.63, 3.8) is 0 Å². The maximum Gasteiger partial charge on any atom is 0.408 e. The molecule has 286 valence electrons. The Morgan fingerprint density at radius 3 is 2.33 bits per heavy atom. The quantitative estimate of drug-likeness (QED) is 0.110. The van der Waals surface area contributed by atoms with Crippen LogP contribution in [0.25, 0.3) is 0 Å². The standard InChI is InChI=1S/C42H41Cl2N3O7S/c1-50-35-13-11-28(20-37(35)51-2)36(21-32-33(43)22-45-23-34(32)44)53-41(48)39-14-12-31(55-39)25-52-30-10-6-9-29(19-30)40(27-7-4-3-5-8-27)46-42(49)54-38-24-47-17-15-26(38)16-18-47/h3-14,19-20,22-23,26,36,38,40H,15-18,21,24-25H2,1-2H3,(H,46,49)/t36-,38-,40-/m0/s1. The number of piperidine rings is 3. The highest BCUT2D eigenvalue weighted by molar-refractivity contribution is 7.13. The van der Waals surface area contributed by atoms with Crippen molar-refractivity contribution in [1.82, 2.24) is 15.2 Å². The molecular weight excluding hydrogens is 761 g/mol. The summed E-state index contributed by atoms with van der Waals surface area (Å²) in [5.74, 6) is 1.54. The van der Waals surface area contributed by atoms with Crippen molar-refractivity contribution >= 4 is 46.6 Å². The number of esters is 1. The molecule has 0 saturated carbocycles. The molecule has 13 heteroatoms. The highest BCUT2D eigenvalue weighted by atomic mass is 35.5. The van der Waals surface area contributed by atoms with Gasteiger partial charge in [0.05, 0.1) is 30.3 Å². The Balaban J connectivity index is 1.03. The third-order valence-electron chi connectivity index (χ3n) is 10.1. The van der Waals surface area contributed by atoms with Crippen molar-refractivity contribution in [2.24, 2.45) is 5.92 Å². The number of amides is 1. The summed E-state index contributed by atoms with van der Waals surface area (Å²) in [5, 5.41) is 3.85. The van der Waals surface area contributed by atoms with Gasteiger partial charge in [-0.25, -0.2) is 9.59 Å². The van der Waals surface area contributed by atoms with E-state index in [0.717, 1.165) is 48.5 Å². The summed E-state index contributed by atoms with van der Waals surface area (Å²) in [6.45, 7) is 3.14. The number of carbonyl (C=O) groups is 2. The first kappa shape index (κ1) is 38.5. The molecule has 55 heavy (non-hydrogen) atoms. The van der Waals surface area contributed by atoms with E-state index in [9.17, 15) is 9.59 Å². The number of nitrogens with zero attached hydrogens (tertiary/aromatic N) is 2. The summed E-state index contributed by atoms with van der Waals surface area (Å²) in [6.07, 6.45) is 4.04. The summed E-state index contributed by atoms with van der Waals surface area (Å²) in [5.41, 5.74) is 3.04. The van der Waals surface area contributed by atoms with Crippen LogP contribution in [0, 0.1) is 5.92 Å². The van der Waals surface area contributed by atoms with E-state index in [-0.39, 0.29) is 19.1 Å². The fraction of sp³-hybridized carbons (Fsp3) is 0.310. The van der Waals surface area contributed by atoms with Gasteiger partial charge in [-0.15, -0.1) is 11.3 Å².